The van der Waals surface area contributed by atoms with Crippen LogP contribution in [0.4, 0.5) is 10.1 Å². The van der Waals surface area contributed by atoms with Gasteiger partial charge in [-0.1, -0.05) is 23.7 Å². The van der Waals surface area contributed by atoms with Crippen molar-refractivity contribution < 1.29 is 4.39 Å². The molecule has 0 aliphatic rings. The highest BCUT2D eigenvalue weighted by atomic mass is 35.5. The molecular formula is C15H13ClFN3. The summed E-state index contributed by atoms with van der Waals surface area (Å²) in [7, 11) is 1.59. The molecule has 1 N–H and O–H groups in total. The standard InChI is InChI=1S/C15H13ClFN3/c1-20-15(17)13-8-12(6-7-14(13)19-20)18-9-10-2-4-11(16)5-3-10/h2-8,18H,9H2,1H3. The maximum atomic E-state index is 13.8. The zero-order chi connectivity index (χ0) is 14.1. The summed E-state index contributed by atoms with van der Waals surface area (Å²) in [4.78, 5) is 0. The summed E-state index contributed by atoms with van der Waals surface area (Å²) >= 11 is 5.84. The number of nitrogens with zero attached hydrogens (tertiary/aromatic N) is 2. The second kappa shape index (κ2) is 5.13. The molecule has 0 amide bonds. The summed E-state index contributed by atoms with van der Waals surface area (Å²) in [6.07, 6.45) is 0. The van der Waals surface area contributed by atoms with Crippen LogP contribution in [-0.2, 0) is 13.6 Å². The second-order valence-electron chi connectivity index (χ2n) is 4.63. The molecular weight excluding hydrogens is 277 g/mol. The van der Waals surface area contributed by atoms with Crippen LogP contribution in [0.5, 0.6) is 0 Å². The van der Waals surface area contributed by atoms with Crippen LogP contribution in [0.2, 0.25) is 5.02 Å². The summed E-state index contributed by atoms with van der Waals surface area (Å²) < 4.78 is 15.0. The molecule has 1 aromatic heterocycles. The first-order valence-electron chi connectivity index (χ1n) is 6.24. The summed E-state index contributed by atoms with van der Waals surface area (Å²) in [6.45, 7) is 0.657. The van der Waals surface area contributed by atoms with Crippen LogP contribution < -0.4 is 5.32 Å². The number of hydrogen-bond donors (Lipinski definition) is 1. The van der Waals surface area contributed by atoms with Crippen LogP contribution in [0.1, 0.15) is 5.56 Å². The van der Waals surface area contributed by atoms with Gasteiger partial charge < -0.3 is 5.32 Å². The van der Waals surface area contributed by atoms with Crippen LogP contribution in [0.25, 0.3) is 10.9 Å². The van der Waals surface area contributed by atoms with Gasteiger partial charge in [0.25, 0.3) is 0 Å². The third kappa shape index (κ3) is 2.47. The molecule has 3 rings (SSSR count). The van der Waals surface area contributed by atoms with Gasteiger partial charge in [0, 0.05) is 24.3 Å². The topological polar surface area (TPSA) is 29.9 Å². The van der Waals surface area contributed by atoms with Crippen molar-refractivity contribution in [1.82, 2.24) is 9.78 Å². The highest BCUT2D eigenvalue weighted by Crippen LogP contribution is 2.21. The summed E-state index contributed by atoms with van der Waals surface area (Å²) in [5, 5.41) is 8.58. The molecule has 0 aliphatic heterocycles. The zero-order valence-electron chi connectivity index (χ0n) is 10.9. The maximum absolute atomic E-state index is 13.8. The van der Waals surface area contributed by atoms with E-state index in [0.29, 0.717) is 22.5 Å². The van der Waals surface area contributed by atoms with Crippen LogP contribution in [-0.4, -0.2) is 9.78 Å². The van der Waals surface area contributed by atoms with Crippen molar-refractivity contribution in [3.8, 4) is 0 Å². The molecule has 0 fully saturated rings. The molecule has 0 unspecified atom stereocenters. The third-order valence-corrected chi connectivity index (χ3v) is 3.42. The number of nitrogens with one attached hydrogen (secondary N) is 1. The van der Waals surface area contributed by atoms with E-state index in [9.17, 15) is 4.39 Å². The lowest BCUT2D eigenvalue weighted by Gasteiger charge is -2.06. The highest BCUT2D eigenvalue weighted by Gasteiger charge is 2.08. The lowest BCUT2D eigenvalue weighted by molar-refractivity contribution is 0.512. The third-order valence-electron chi connectivity index (χ3n) is 3.17. The van der Waals surface area contributed by atoms with Crippen LogP contribution in [0, 0.1) is 5.95 Å². The predicted molar refractivity (Wildman–Crippen MR) is 79.5 cm³/mol. The normalized spacial score (nSPS) is 10.9. The van der Waals surface area contributed by atoms with Gasteiger partial charge in [-0.25, -0.2) is 4.68 Å². The van der Waals surface area contributed by atoms with Crippen molar-refractivity contribution in [1.29, 1.82) is 0 Å². The fourth-order valence-electron chi connectivity index (χ4n) is 2.08. The Balaban J connectivity index is 1.80. The maximum Gasteiger partial charge on any atom is 0.219 e. The Morgan fingerprint density at radius 2 is 1.95 bits per heavy atom. The molecule has 2 aromatic carbocycles. The van der Waals surface area contributed by atoms with E-state index in [0.717, 1.165) is 11.3 Å². The van der Waals surface area contributed by atoms with E-state index in [4.69, 9.17) is 11.6 Å². The molecule has 102 valence electrons. The molecule has 1 heterocycles. The van der Waals surface area contributed by atoms with Gasteiger partial charge in [-0.15, -0.1) is 0 Å². The quantitative estimate of drug-likeness (QED) is 0.790. The Morgan fingerprint density at radius 1 is 1.20 bits per heavy atom. The zero-order valence-corrected chi connectivity index (χ0v) is 11.7. The predicted octanol–water partition coefficient (Wildman–Crippen LogP) is 3.98. The molecule has 0 saturated carbocycles. The number of aromatic nitrogens is 2. The first kappa shape index (κ1) is 12.9. The highest BCUT2D eigenvalue weighted by molar-refractivity contribution is 6.30. The summed E-state index contributed by atoms with van der Waals surface area (Å²) in [6, 6.07) is 13.1. The number of rotatable bonds is 3. The molecule has 3 aromatic rings. The van der Waals surface area contributed by atoms with Crippen molar-refractivity contribution >= 4 is 28.2 Å². The average molecular weight is 290 g/mol. The molecule has 5 heteroatoms. The van der Waals surface area contributed by atoms with Gasteiger partial charge in [0.1, 0.15) is 0 Å². The first-order chi connectivity index (χ1) is 9.63. The smallest absolute Gasteiger partial charge is 0.219 e. The van der Waals surface area contributed by atoms with Crippen LogP contribution in [0.15, 0.2) is 42.5 Å². The van der Waals surface area contributed by atoms with Gasteiger partial charge in [-0.2, -0.15) is 9.49 Å². The number of hydrogen-bond acceptors (Lipinski definition) is 2. The van der Waals surface area contributed by atoms with Gasteiger partial charge >= 0.3 is 0 Å². The van der Waals surface area contributed by atoms with Gasteiger partial charge in [0.15, 0.2) is 0 Å². The molecule has 0 atom stereocenters. The van der Waals surface area contributed by atoms with E-state index in [2.05, 4.69) is 10.4 Å². The lowest BCUT2D eigenvalue weighted by Crippen LogP contribution is -1.98. The minimum atomic E-state index is -0.324. The molecule has 0 saturated heterocycles. The average Bonchev–Trinajstić information content (AvgIpc) is 2.74. The fraction of sp³-hybridized carbons (Fsp3) is 0.133. The minimum absolute atomic E-state index is 0.324. The number of fused-ring (bicyclic) bond motifs is 1. The van der Waals surface area contributed by atoms with Crippen molar-refractivity contribution in [2.75, 3.05) is 5.32 Å². The molecule has 3 nitrogen and oxygen atoms in total. The molecule has 0 bridgehead atoms. The molecule has 20 heavy (non-hydrogen) atoms. The Bertz CT molecular complexity index is 750. The lowest BCUT2D eigenvalue weighted by atomic mass is 10.2. The number of benzene rings is 2. The minimum Gasteiger partial charge on any atom is -0.381 e. The van der Waals surface area contributed by atoms with Gasteiger partial charge in [-0.05, 0) is 35.9 Å². The van der Waals surface area contributed by atoms with E-state index >= 15 is 0 Å². The number of halogens is 2. The van der Waals surface area contributed by atoms with E-state index in [1.165, 1.54) is 4.68 Å². The van der Waals surface area contributed by atoms with Crippen LogP contribution in [0.3, 0.4) is 0 Å². The van der Waals surface area contributed by atoms with E-state index < -0.39 is 0 Å². The molecule has 0 spiro atoms. The number of aryl methyl sites for hydroxylation is 1. The Kier molecular flexibility index (Phi) is 3.32. The van der Waals surface area contributed by atoms with Gasteiger partial charge in [-0.3, -0.25) is 0 Å². The van der Waals surface area contributed by atoms with Gasteiger partial charge in [0.05, 0.1) is 10.9 Å². The fourth-order valence-corrected chi connectivity index (χ4v) is 2.21. The first-order valence-corrected chi connectivity index (χ1v) is 6.62. The van der Waals surface area contributed by atoms with Crippen molar-refractivity contribution in [2.45, 2.75) is 6.54 Å². The summed E-state index contributed by atoms with van der Waals surface area (Å²) in [5.74, 6) is -0.324. The van der Waals surface area contributed by atoms with Crippen LogP contribution >= 0.6 is 11.6 Å². The van der Waals surface area contributed by atoms with Crippen molar-refractivity contribution in [3.63, 3.8) is 0 Å². The molecule has 0 aliphatic carbocycles. The summed E-state index contributed by atoms with van der Waals surface area (Å²) in [5.41, 5.74) is 2.63. The Hall–Kier alpha value is -2.07. The van der Waals surface area contributed by atoms with E-state index in [-0.39, 0.29) is 5.95 Å². The van der Waals surface area contributed by atoms with Crippen molar-refractivity contribution in [3.05, 3.63) is 59.0 Å². The SMILES string of the molecule is Cn1nc2ccc(NCc3ccc(Cl)cc3)cc2c1F. The largest absolute Gasteiger partial charge is 0.381 e. The Morgan fingerprint density at radius 3 is 2.70 bits per heavy atom. The Labute approximate surface area is 121 Å². The number of anilines is 1. The van der Waals surface area contributed by atoms with E-state index in [1.54, 1.807) is 13.1 Å². The second-order valence-corrected chi connectivity index (χ2v) is 5.06. The van der Waals surface area contributed by atoms with Crippen molar-refractivity contribution in [2.24, 2.45) is 7.05 Å². The van der Waals surface area contributed by atoms with E-state index in [1.807, 2.05) is 36.4 Å². The molecule has 0 radical (unpaired) electrons. The monoisotopic (exact) mass is 289 g/mol. The van der Waals surface area contributed by atoms with Gasteiger partial charge in [0.2, 0.25) is 5.95 Å².